The molecule has 0 fully saturated rings. The maximum atomic E-state index is 12.1. The molecule has 0 bridgehead atoms. The van der Waals surface area contributed by atoms with Crippen molar-refractivity contribution in [3.8, 4) is 5.75 Å². The predicted molar refractivity (Wildman–Crippen MR) is 94.2 cm³/mol. The van der Waals surface area contributed by atoms with E-state index in [4.69, 9.17) is 16.3 Å². The van der Waals surface area contributed by atoms with E-state index in [0.717, 1.165) is 35.5 Å². The van der Waals surface area contributed by atoms with E-state index in [2.05, 4.69) is 11.4 Å². The van der Waals surface area contributed by atoms with E-state index in [1.165, 1.54) is 11.6 Å². The van der Waals surface area contributed by atoms with Crippen LogP contribution in [-0.2, 0) is 11.2 Å². The molecule has 0 aliphatic carbocycles. The second-order valence-electron chi connectivity index (χ2n) is 5.73. The number of ether oxygens (including phenoxy) is 1. The molecule has 1 aliphatic heterocycles. The maximum Gasteiger partial charge on any atom is 0.248 e. The lowest BCUT2D eigenvalue weighted by molar-refractivity contribution is -0.111. The largest absolute Gasteiger partial charge is 0.493 e. The zero-order valence-electron chi connectivity index (χ0n) is 13.2. The minimum Gasteiger partial charge on any atom is -0.493 e. The van der Waals surface area contributed by atoms with Crippen molar-refractivity contribution in [3.63, 3.8) is 0 Å². The number of aryl methyl sites for hydroxylation is 2. The average molecular weight is 328 g/mol. The first-order valence-electron chi connectivity index (χ1n) is 7.54. The molecular weight excluding hydrogens is 310 g/mol. The minimum atomic E-state index is -0.199. The van der Waals surface area contributed by atoms with Crippen molar-refractivity contribution < 1.29 is 9.53 Å². The van der Waals surface area contributed by atoms with Gasteiger partial charge in [0.25, 0.3) is 0 Å². The Kier molecular flexibility index (Phi) is 4.39. The first-order valence-corrected chi connectivity index (χ1v) is 7.92. The summed E-state index contributed by atoms with van der Waals surface area (Å²) in [5.74, 6) is 0.740. The van der Waals surface area contributed by atoms with E-state index in [9.17, 15) is 4.79 Å². The third-order valence-electron chi connectivity index (χ3n) is 3.82. The molecule has 1 aliphatic rings. The zero-order chi connectivity index (χ0) is 16.4. The van der Waals surface area contributed by atoms with Gasteiger partial charge in [-0.2, -0.15) is 0 Å². The van der Waals surface area contributed by atoms with Gasteiger partial charge in [0.1, 0.15) is 5.75 Å². The van der Waals surface area contributed by atoms with E-state index in [0.29, 0.717) is 10.7 Å². The molecule has 3 nitrogen and oxygen atoms in total. The molecule has 2 aromatic carbocycles. The Morgan fingerprint density at radius 3 is 2.87 bits per heavy atom. The topological polar surface area (TPSA) is 38.3 Å². The average Bonchev–Trinajstić information content (AvgIpc) is 2.96. The lowest BCUT2D eigenvalue weighted by Gasteiger charge is -2.10. The third-order valence-corrected chi connectivity index (χ3v) is 4.12. The predicted octanol–water partition coefficient (Wildman–Crippen LogP) is 4.54. The van der Waals surface area contributed by atoms with Gasteiger partial charge in [-0.15, -0.1) is 0 Å². The number of benzene rings is 2. The van der Waals surface area contributed by atoms with E-state index < -0.39 is 0 Å². The highest BCUT2D eigenvalue weighted by Crippen LogP contribution is 2.28. The van der Waals surface area contributed by atoms with Crippen LogP contribution in [0.4, 0.5) is 5.69 Å². The Balaban J connectivity index is 1.72. The van der Waals surface area contributed by atoms with Gasteiger partial charge in [0.05, 0.1) is 17.3 Å². The van der Waals surface area contributed by atoms with Gasteiger partial charge in [-0.1, -0.05) is 23.7 Å². The monoisotopic (exact) mass is 327 g/mol. The smallest absolute Gasteiger partial charge is 0.248 e. The second-order valence-corrected chi connectivity index (χ2v) is 6.13. The highest BCUT2D eigenvalue weighted by Gasteiger charge is 2.11. The Morgan fingerprint density at radius 2 is 2.09 bits per heavy atom. The molecule has 0 unspecified atom stereocenters. The summed E-state index contributed by atoms with van der Waals surface area (Å²) in [6, 6.07) is 9.77. The van der Waals surface area contributed by atoms with Gasteiger partial charge in [0, 0.05) is 12.5 Å². The highest BCUT2D eigenvalue weighted by molar-refractivity contribution is 6.34. The zero-order valence-corrected chi connectivity index (χ0v) is 13.9. The van der Waals surface area contributed by atoms with E-state index in [1.807, 2.05) is 38.1 Å². The number of hydrogen-bond acceptors (Lipinski definition) is 2. The number of amides is 1. The summed E-state index contributed by atoms with van der Waals surface area (Å²) in [6.45, 7) is 4.63. The molecule has 0 atom stereocenters. The lowest BCUT2D eigenvalue weighted by atomic mass is 10.1. The van der Waals surface area contributed by atoms with Crippen molar-refractivity contribution >= 4 is 29.3 Å². The summed E-state index contributed by atoms with van der Waals surface area (Å²) >= 11 is 6.21. The van der Waals surface area contributed by atoms with Gasteiger partial charge in [-0.3, -0.25) is 4.79 Å². The Labute approximate surface area is 140 Å². The van der Waals surface area contributed by atoms with Crippen molar-refractivity contribution in [1.82, 2.24) is 0 Å². The molecule has 118 valence electrons. The van der Waals surface area contributed by atoms with Gasteiger partial charge >= 0.3 is 0 Å². The van der Waals surface area contributed by atoms with Crippen molar-refractivity contribution in [2.45, 2.75) is 20.3 Å². The van der Waals surface area contributed by atoms with Gasteiger partial charge < -0.3 is 10.1 Å². The van der Waals surface area contributed by atoms with Crippen LogP contribution in [-0.4, -0.2) is 12.5 Å². The van der Waals surface area contributed by atoms with Crippen molar-refractivity contribution in [3.05, 3.63) is 63.7 Å². The molecule has 3 rings (SSSR count). The van der Waals surface area contributed by atoms with Gasteiger partial charge in [-0.05, 0) is 60.4 Å². The molecular formula is C19H18ClNO2. The Morgan fingerprint density at radius 1 is 1.26 bits per heavy atom. The molecule has 0 saturated heterocycles. The molecule has 1 heterocycles. The van der Waals surface area contributed by atoms with Crippen LogP contribution in [0.2, 0.25) is 5.02 Å². The number of fused-ring (bicyclic) bond motifs is 1. The van der Waals surface area contributed by atoms with Crippen molar-refractivity contribution in [2.75, 3.05) is 11.9 Å². The second kappa shape index (κ2) is 6.47. The summed E-state index contributed by atoms with van der Waals surface area (Å²) in [4.78, 5) is 12.1. The van der Waals surface area contributed by atoms with Crippen LogP contribution < -0.4 is 10.1 Å². The summed E-state index contributed by atoms with van der Waals surface area (Å²) in [5, 5.41) is 3.40. The molecule has 0 saturated carbocycles. The summed E-state index contributed by atoms with van der Waals surface area (Å²) < 4.78 is 5.48. The molecule has 2 aromatic rings. The van der Waals surface area contributed by atoms with Gasteiger partial charge in [-0.25, -0.2) is 0 Å². The fourth-order valence-electron chi connectivity index (χ4n) is 2.72. The molecule has 1 amide bonds. The first kappa shape index (κ1) is 15.6. The van der Waals surface area contributed by atoms with Crippen LogP contribution in [0.1, 0.15) is 22.3 Å². The molecule has 0 radical (unpaired) electrons. The van der Waals surface area contributed by atoms with Crippen LogP contribution in [0, 0.1) is 13.8 Å². The Hall–Kier alpha value is -2.26. The van der Waals surface area contributed by atoms with Crippen LogP contribution >= 0.6 is 11.6 Å². The number of carbonyl (C=O) groups is 1. The maximum absolute atomic E-state index is 12.1. The van der Waals surface area contributed by atoms with Gasteiger partial charge in [0.15, 0.2) is 0 Å². The standard InChI is InChI=1S/C19H18ClNO2/c1-12-9-13(2)19(16(20)10-12)21-18(22)6-4-14-3-5-17-15(11-14)7-8-23-17/h3-6,9-11H,7-8H2,1-2H3,(H,21,22)/b6-4+. The molecule has 1 N–H and O–H groups in total. The number of nitrogens with one attached hydrogen (secondary N) is 1. The lowest BCUT2D eigenvalue weighted by Crippen LogP contribution is -2.09. The first-order chi connectivity index (χ1) is 11.0. The fraction of sp³-hybridized carbons (Fsp3) is 0.211. The van der Waals surface area contributed by atoms with Crippen molar-refractivity contribution in [2.24, 2.45) is 0 Å². The molecule has 0 spiro atoms. The van der Waals surface area contributed by atoms with E-state index in [-0.39, 0.29) is 5.91 Å². The highest BCUT2D eigenvalue weighted by atomic mass is 35.5. The van der Waals surface area contributed by atoms with E-state index in [1.54, 1.807) is 6.08 Å². The quantitative estimate of drug-likeness (QED) is 0.840. The third kappa shape index (κ3) is 3.57. The molecule has 4 heteroatoms. The van der Waals surface area contributed by atoms with Crippen LogP contribution in [0.15, 0.2) is 36.4 Å². The van der Waals surface area contributed by atoms with E-state index >= 15 is 0 Å². The summed E-state index contributed by atoms with van der Waals surface area (Å²) in [5.41, 5.74) is 4.85. The van der Waals surface area contributed by atoms with Crippen LogP contribution in [0.3, 0.4) is 0 Å². The Bertz CT molecular complexity index is 773. The number of carbonyl (C=O) groups excluding carboxylic acids is 1. The van der Waals surface area contributed by atoms with Crippen LogP contribution in [0.5, 0.6) is 5.75 Å². The molecule has 0 aromatic heterocycles. The fourth-order valence-corrected chi connectivity index (χ4v) is 3.09. The van der Waals surface area contributed by atoms with Crippen molar-refractivity contribution in [1.29, 1.82) is 0 Å². The van der Waals surface area contributed by atoms with Crippen LogP contribution in [0.25, 0.3) is 6.08 Å². The summed E-state index contributed by atoms with van der Waals surface area (Å²) in [6.07, 6.45) is 4.24. The van der Waals surface area contributed by atoms with Gasteiger partial charge in [0.2, 0.25) is 5.91 Å². The SMILES string of the molecule is Cc1cc(C)c(NC(=O)/C=C/c2ccc3c(c2)CCO3)c(Cl)c1. The normalized spacial score (nSPS) is 13.0. The minimum absolute atomic E-state index is 0.199. The number of hydrogen-bond donors (Lipinski definition) is 1. The molecule has 23 heavy (non-hydrogen) atoms. The number of halogens is 1. The number of anilines is 1. The summed E-state index contributed by atoms with van der Waals surface area (Å²) in [7, 11) is 0. The number of rotatable bonds is 3.